The van der Waals surface area contributed by atoms with Crippen LogP contribution in [-0.2, 0) is 20.7 Å². The van der Waals surface area contributed by atoms with E-state index in [-0.39, 0.29) is 29.0 Å². The summed E-state index contributed by atoms with van der Waals surface area (Å²) >= 11 is 1.05. The largest absolute Gasteiger partial charge is 0.469 e. The zero-order valence-electron chi connectivity index (χ0n) is 15.1. The number of hydrogen-bond acceptors (Lipinski definition) is 7. The van der Waals surface area contributed by atoms with Gasteiger partial charge in [-0.2, -0.15) is 0 Å². The minimum Gasteiger partial charge on any atom is -0.469 e. The molecule has 1 aromatic carbocycles. The lowest BCUT2D eigenvalue weighted by Crippen LogP contribution is -2.23. The van der Waals surface area contributed by atoms with Crippen molar-refractivity contribution in [3.8, 4) is 0 Å². The molecule has 0 aliphatic heterocycles. The number of hydrogen-bond donors (Lipinski definition) is 2. The Balaban J connectivity index is 2.08. The molecule has 0 saturated heterocycles. The first-order chi connectivity index (χ1) is 12.8. The van der Waals surface area contributed by atoms with Crippen LogP contribution in [0.4, 0.5) is 5.69 Å². The molecule has 2 N–H and O–H groups in total. The molecule has 1 aromatic heterocycles. The number of benzene rings is 1. The minimum atomic E-state index is -0.581. The van der Waals surface area contributed by atoms with Crippen LogP contribution in [0.25, 0.3) is 0 Å². The molecule has 1 unspecified atom stereocenters. The quantitative estimate of drug-likeness (QED) is 0.321. The van der Waals surface area contributed by atoms with Crippen LogP contribution < -0.4 is 10.9 Å². The van der Waals surface area contributed by atoms with Crippen LogP contribution in [0.5, 0.6) is 0 Å². The van der Waals surface area contributed by atoms with Gasteiger partial charge in [-0.1, -0.05) is 23.9 Å². The molecule has 0 aliphatic carbocycles. The van der Waals surface area contributed by atoms with Crippen molar-refractivity contribution < 1.29 is 19.1 Å². The van der Waals surface area contributed by atoms with Crippen LogP contribution in [0.3, 0.4) is 0 Å². The number of Topliss-reactive ketones (excluding diaryl/α,β-unsaturated/α-hetero) is 1. The van der Waals surface area contributed by atoms with E-state index in [1.54, 1.807) is 31.2 Å². The number of thioether (sulfide) groups is 1. The average Bonchev–Trinajstić information content (AvgIpc) is 2.61. The normalized spacial score (nSPS) is 11.5. The van der Waals surface area contributed by atoms with E-state index in [0.717, 1.165) is 11.8 Å². The monoisotopic (exact) mass is 389 g/mol. The van der Waals surface area contributed by atoms with E-state index in [1.165, 1.54) is 20.1 Å². The fourth-order valence-corrected chi connectivity index (χ4v) is 2.96. The van der Waals surface area contributed by atoms with Gasteiger partial charge in [0.15, 0.2) is 10.9 Å². The van der Waals surface area contributed by atoms with Gasteiger partial charge in [-0.15, -0.1) is 0 Å². The van der Waals surface area contributed by atoms with Crippen molar-refractivity contribution in [2.45, 2.75) is 30.7 Å². The Hall–Kier alpha value is -2.94. The summed E-state index contributed by atoms with van der Waals surface area (Å²) in [4.78, 5) is 53.6. The molecule has 1 amide bonds. The smallest absolute Gasteiger partial charge is 0.311 e. The minimum absolute atomic E-state index is 0.0993. The maximum atomic E-state index is 12.4. The molecule has 1 atom stereocenters. The maximum absolute atomic E-state index is 12.4. The number of aromatic amines is 1. The second kappa shape index (κ2) is 9.13. The lowest BCUT2D eigenvalue weighted by atomic mass is 10.1. The van der Waals surface area contributed by atoms with E-state index < -0.39 is 16.8 Å². The Morgan fingerprint density at radius 2 is 2.04 bits per heavy atom. The van der Waals surface area contributed by atoms with E-state index in [1.807, 2.05) is 0 Å². The van der Waals surface area contributed by atoms with Gasteiger partial charge < -0.3 is 15.0 Å². The predicted octanol–water partition coefficient (Wildman–Crippen LogP) is 1.81. The number of aromatic nitrogens is 2. The fraction of sp³-hybridized carbons (Fsp3) is 0.278. The third-order valence-corrected chi connectivity index (χ3v) is 4.50. The van der Waals surface area contributed by atoms with E-state index in [9.17, 15) is 19.2 Å². The second-order valence-electron chi connectivity index (χ2n) is 5.68. The van der Waals surface area contributed by atoms with E-state index in [4.69, 9.17) is 0 Å². The van der Waals surface area contributed by atoms with Gasteiger partial charge >= 0.3 is 5.97 Å². The number of carbonyl (C=O) groups is 3. The lowest BCUT2D eigenvalue weighted by molar-refractivity contribution is -0.139. The van der Waals surface area contributed by atoms with Gasteiger partial charge in [0.25, 0.3) is 5.56 Å². The zero-order chi connectivity index (χ0) is 20.0. The van der Waals surface area contributed by atoms with Crippen LogP contribution in [0.1, 0.15) is 29.9 Å². The Morgan fingerprint density at radius 3 is 2.70 bits per heavy atom. The highest BCUT2D eigenvalue weighted by atomic mass is 32.2. The highest BCUT2D eigenvalue weighted by Gasteiger charge is 2.17. The Labute approximate surface area is 159 Å². The number of ketones is 1. The molecule has 2 rings (SSSR count). The molecule has 142 valence electrons. The molecule has 2 aromatic rings. The zero-order valence-corrected chi connectivity index (χ0v) is 15.9. The number of anilines is 1. The highest BCUT2D eigenvalue weighted by molar-refractivity contribution is 8.00. The van der Waals surface area contributed by atoms with Crippen molar-refractivity contribution in [2.24, 2.45) is 0 Å². The summed E-state index contributed by atoms with van der Waals surface area (Å²) in [5.74, 6) is -0.931. The molecule has 9 heteroatoms. The van der Waals surface area contributed by atoms with Gasteiger partial charge in [0.05, 0.1) is 24.5 Å². The van der Waals surface area contributed by atoms with E-state index in [0.29, 0.717) is 11.3 Å². The summed E-state index contributed by atoms with van der Waals surface area (Å²) in [5, 5.41) is 2.36. The number of nitrogens with zero attached hydrogens (tertiary/aromatic N) is 1. The Bertz CT molecular complexity index is 925. The van der Waals surface area contributed by atoms with Crippen LogP contribution in [-0.4, -0.2) is 40.0 Å². The summed E-state index contributed by atoms with van der Waals surface area (Å²) in [6.07, 6.45) is -0.133. The second-order valence-corrected chi connectivity index (χ2v) is 7.01. The number of rotatable bonds is 7. The van der Waals surface area contributed by atoms with Gasteiger partial charge in [-0.3, -0.25) is 19.2 Å². The van der Waals surface area contributed by atoms with Crippen molar-refractivity contribution >= 4 is 35.1 Å². The van der Waals surface area contributed by atoms with Crippen LogP contribution in [0, 0.1) is 0 Å². The molecule has 0 saturated carbocycles. The molecular weight excluding hydrogens is 370 g/mol. The van der Waals surface area contributed by atoms with Gasteiger partial charge in [0.2, 0.25) is 5.91 Å². The number of H-pyrrole nitrogens is 1. The molecule has 0 spiro atoms. The van der Waals surface area contributed by atoms with Gasteiger partial charge in [-0.05, 0) is 26.0 Å². The molecule has 0 aliphatic rings. The molecule has 0 fully saturated rings. The first-order valence-corrected chi connectivity index (χ1v) is 8.92. The SMILES string of the molecule is COC(=O)Cc1cc(=O)[nH]c(SC(C)C(=O)Nc2cccc(C(C)=O)c2)n1. The van der Waals surface area contributed by atoms with Crippen molar-refractivity contribution in [3.63, 3.8) is 0 Å². The summed E-state index contributed by atoms with van der Waals surface area (Å²) in [7, 11) is 1.25. The van der Waals surface area contributed by atoms with Crippen LogP contribution in [0.15, 0.2) is 40.3 Å². The average molecular weight is 389 g/mol. The Kier molecular flexibility index (Phi) is 6.89. The van der Waals surface area contributed by atoms with E-state index >= 15 is 0 Å². The molecule has 27 heavy (non-hydrogen) atoms. The summed E-state index contributed by atoms with van der Waals surface area (Å²) in [6.45, 7) is 3.10. The number of amides is 1. The summed E-state index contributed by atoms with van der Waals surface area (Å²) in [6, 6.07) is 7.82. The highest BCUT2D eigenvalue weighted by Crippen LogP contribution is 2.20. The van der Waals surface area contributed by atoms with Gasteiger partial charge in [-0.25, -0.2) is 4.98 Å². The summed E-state index contributed by atoms with van der Waals surface area (Å²) < 4.78 is 4.56. The predicted molar refractivity (Wildman–Crippen MR) is 101 cm³/mol. The molecule has 1 heterocycles. The molecular formula is C18H19N3O5S. The third kappa shape index (κ3) is 6.07. The van der Waals surface area contributed by atoms with Crippen molar-refractivity contribution in [1.29, 1.82) is 0 Å². The molecule has 8 nitrogen and oxygen atoms in total. The third-order valence-electron chi connectivity index (χ3n) is 3.52. The number of carbonyl (C=O) groups excluding carboxylic acids is 3. The van der Waals surface area contributed by atoms with Crippen LogP contribution >= 0.6 is 11.8 Å². The standard InChI is InChI=1S/C18H19N3O5S/c1-10(22)12-5-4-6-13(7-12)19-17(25)11(2)27-18-20-14(8-15(23)21-18)9-16(24)26-3/h4-8,11H,9H2,1-3H3,(H,19,25)(H,20,21,23). The Morgan fingerprint density at radius 1 is 1.30 bits per heavy atom. The van der Waals surface area contributed by atoms with Crippen LogP contribution in [0.2, 0.25) is 0 Å². The topological polar surface area (TPSA) is 118 Å². The fourth-order valence-electron chi connectivity index (χ4n) is 2.13. The lowest BCUT2D eigenvalue weighted by Gasteiger charge is -2.12. The first-order valence-electron chi connectivity index (χ1n) is 8.04. The summed E-state index contributed by atoms with van der Waals surface area (Å²) in [5.41, 5.74) is 0.832. The maximum Gasteiger partial charge on any atom is 0.311 e. The number of ether oxygens (including phenoxy) is 1. The first kappa shape index (κ1) is 20.4. The van der Waals surface area contributed by atoms with Crippen molar-refractivity contribution in [1.82, 2.24) is 9.97 Å². The van der Waals surface area contributed by atoms with Crippen molar-refractivity contribution in [2.75, 3.05) is 12.4 Å². The van der Waals surface area contributed by atoms with Gasteiger partial charge in [0, 0.05) is 17.3 Å². The van der Waals surface area contributed by atoms with E-state index in [2.05, 4.69) is 20.0 Å². The number of methoxy groups -OCH3 is 1. The molecule has 0 radical (unpaired) electrons. The van der Waals surface area contributed by atoms with Crippen molar-refractivity contribution in [3.05, 3.63) is 51.9 Å². The number of esters is 1. The van der Waals surface area contributed by atoms with Gasteiger partial charge in [0.1, 0.15) is 0 Å². The molecule has 0 bridgehead atoms. The number of nitrogens with one attached hydrogen (secondary N) is 2.